The molecule has 0 aliphatic carbocycles. The standard InChI is InChI=1S/C15H25N5O/c1-5-6-13(21)18-14-11(2)16-15(17-12(14)3)20-9-7-19(4)8-10-20/h5-10H2,1-4H3,(H,18,21). The van der Waals surface area contributed by atoms with Gasteiger partial charge in [0.05, 0.1) is 17.1 Å². The number of nitrogens with one attached hydrogen (secondary N) is 1. The zero-order chi connectivity index (χ0) is 15.4. The molecule has 1 N–H and O–H groups in total. The summed E-state index contributed by atoms with van der Waals surface area (Å²) in [5.74, 6) is 0.797. The summed E-state index contributed by atoms with van der Waals surface area (Å²) in [5.41, 5.74) is 2.42. The van der Waals surface area contributed by atoms with E-state index in [0.717, 1.165) is 55.6 Å². The third-order valence-electron chi connectivity index (χ3n) is 3.79. The maximum atomic E-state index is 11.8. The smallest absolute Gasteiger partial charge is 0.225 e. The quantitative estimate of drug-likeness (QED) is 0.912. The summed E-state index contributed by atoms with van der Waals surface area (Å²) in [7, 11) is 2.13. The van der Waals surface area contributed by atoms with Crippen molar-refractivity contribution in [1.82, 2.24) is 14.9 Å². The Morgan fingerprint density at radius 1 is 1.14 bits per heavy atom. The molecule has 0 saturated carbocycles. The zero-order valence-corrected chi connectivity index (χ0v) is 13.4. The normalized spacial score (nSPS) is 16.1. The summed E-state index contributed by atoms with van der Waals surface area (Å²) in [5, 5.41) is 2.93. The second kappa shape index (κ2) is 6.85. The first-order chi connectivity index (χ1) is 10.0. The molecule has 1 aliphatic heterocycles. The van der Waals surface area contributed by atoms with E-state index in [4.69, 9.17) is 0 Å². The minimum absolute atomic E-state index is 0.0275. The van der Waals surface area contributed by atoms with Crippen LogP contribution in [-0.2, 0) is 4.79 Å². The number of amides is 1. The number of hydrogen-bond donors (Lipinski definition) is 1. The molecule has 1 saturated heterocycles. The van der Waals surface area contributed by atoms with E-state index in [2.05, 4.69) is 32.1 Å². The van der Waals surface area contributed by atoms with E-state index in [1.807, 2.05) is 20.8 Å². The minimum atomic E-state index is 0.0275. The van der Waals surface area contributed by atoms with Gasteiger partial charge in [-0.3, -0.25) is 4.79 Å². The Balaban J connectivity index is 2.15. The van der Waals surface area contributed by atoms with Crippen molar-refractivity contribution < 1.29 is 4.79 Å². The molecule has 0 unspecified atom stereocenters. The van der Waals surface area contributed by atoms with E-state index in [1.165, 1.54) is 0 Å². The number of aryl methyl sites for hydroxylation is 2. The Kier molecular flexibility index (Phi) is 5.12. The van der Waals surface area contributed by atoms with Gasteiger partial charge >= 0.3 is 0 Å². The first-order valence-electron chi connectivity index (χ1n) is 7.59. The zero-order valence-electron chi connectivity index (χ0n) is 13.4. The Morgan fingerprint density at radius 2 is 1.71 bits per heavy atom. The maximum absolute atomic E-state index is 11.8. The lowest BCUT2D eigenvalue weighted by Crippen LogP contribution is -2.45. The number of aromatic nitrogens is 2. The second-order valence-electron chi connectivity index (χ2n) is 5.66. The van der Waals surface area contributed by atoms with Crippen LogP contribution in [0.2, 0.25) is 0 Å². The van der Waals surface area contributed by atoms with Gasteiger partial charge in [0.15, 0.2) is 0 Å². The van der Waals surface area contributed by atoms with E-state index in [-0.39, 0.29) is 5.91 Å². The fourth-order valence-corrected chi connectivity index (χ4v) is 2.46. The molecule has 1 fully saturated rings. The number of likely N-dealkylation sites (N-methyl/N-ethyl adjacent to an activating group) is 1. The molecule has 2 heterocycles. The molecule has 0 aromatic carbocycles. The van der Waals surface area contributed by atoms with Gasteiger partial charge in [-0.15, -0.1) is 0 Å². The van der Waals surface area contributed by atoms with Crippen LogP contribution < -0.4 is 10.2 Å². The molecular formula is C15H25N5O. The van der Waals surface area contributed by atoms with Gasteiger partial charge in [-0.05, 0) is 27.3 Å². The lowest BCUT2D eigenvalue weighted by Gasteiger charge is -2.32. The third kappa shape index (κ3) is 3.91. The van der Waals surface area contributed by atoms with Crippen molar-refractivity contribution in [3.8, 4) is 0 Å². The predicted molar refractivity (Wildman–Crippen MR) is 84.8 cm³/mol. The highest BCUT2D eigenvalue weighted by molar-refractivity contribution is 5.91. The fourth-order valence-electron chi connectivity index (χ4n) is 2.46. The van der Waals surface area contributed by atoms with Gasteiger partial charge in [0.25, 0.3) is 0 Å². The van der Waals surface area contributed by atoms with Gasteiger partial charge in [-0.1, -0.05) is 6.92 Å². The SMILES string of the molecule is CCCC(=O)Nc1c(C)nc(N2CCN(C)CC2)nc1C. The number of anilines is 2. The highest BCUT2D eigenvalue weighted by Crippen LogP contribution is 2.21. The summed E-state index contributed by atoms with van der Waals surface area (Å²) >= 11 is 0. The average Bonchev–Trinajstić information content (AvgIpc) is 2.44. The number of rotatable bonds is 4. The molecule has 1 aliphatic rings. The number of carbonyl (C=O) groups excluding carboxylic acids is 1. The highest BCUT2D eigenvalue weighted by atomic mass is 16.1. The number of piperazine rings is 1. The van der Waals surface area contributed by atoms with Crippen molar-refractivity contribution in [3.05, 3.63) is 11.4 Å². The summed E-state index contributed by atoms with van der Waals surface area (Å²) in [4.78, 5) is 25.4. The molecule has 116 valence electrons. The van der Waals surface area contributed by atoms with Crippen molar-refractivity contribution in [2.45, 2.75) is 33.6 Å². The average molecular weight is 291 g/mol. The Labute approximate surface area is 126 Å². The third-order valence-corrected chi connectivity index (χ3v) is 3.79. The molecule has 1 aromatic heterocycles. The largest absolute Gasteiger partial charge is 0.338 e. The molecule has 6 heteroatoms. The van der Waals surface area contributed by atoms with E-state index in [0.29, 0.717) is 6.42 Å². The molecular weight excluding hydrogens is 266 g/mol. The van der Waals surface area contributed by atoms with Gasteiger partial charge in [0, 0.05) is 32.6 Å². The van der Waals surface area contributed by atoms with E-state index < -0.39 is 0 Å². The van der Waals surface area contributed by atoms with Crippen LogP contribution >= 0.6 is 0 Å². The van der Waals surface area contributed by atoms with Crippen LogP contribution in [0.3, 0.4) is 0 Å². The van der Waals surface area contributed by atoms with E-state index in [1.54, 1.807) is 0 Å². The van der Waals surface area contributed by atoms with Crippen molar-refractivity contribution in [2.75, 3.05) is 43.4 Å². The van der Waals surface area contributed by atoms with Crippen LogP contribution in [0, 0.1) is 13.8 Å². The molecule has 21 heavy (non-hydrogen) atoms. The molecule has 0 spiro atoms. The molecule has 1 amide bonds. The molecule has 0 atom stereocenters. The van der Waals surface area contributed by atoms with Crippen LogP contribution in [0.15, 0.2) is 0 Å². The van der Waals surface area contributed by atoms with Crippen LogP contribution in [0.1, 0.15) is 31.2 Å². The topological polar surface area (TPSA) is 61.4 Å². The molecule has 1 aromatic rings. The van der Waals surface area contributed by atoms with E-state index in [9.17, 15) is 4.79 Å². The second-order valence-corrected chi connectivity index (χ2v) is 5.66. The van der Waals surface area contributed by atoms with Gasteiger partial charge in [-0.25, -0.2) is 9.97 Å². The monoisotopic (exact) mass is 291 g/mol. The molecule has 0 radical (unpaired) electrons. The van der Waals surface area contributed by atoms with Crippen molar-refractivity contribution in [1.29, 1.82) is 0 Å². The number of hydrogen-bond acceptors (Lipinski definition) is 5. The fraction of sp³-hybridized carbons (Fsp3) is 0.667. The summed E-state index contributed by atoms with van der Waals surface area (Å²) in [6, 6.07) is 0. The predicted octanol–water partition coefficient (Wildman–Crippen LogP) is 1.58. The van der Waals surface area contributed by atoms with Gasteiger partial charge in [0.2, 0.25) is 11.9 Å². The number of nitrogens with zero attached hydrogens (tertiary/aromatic N) is 4. The van der Waals surface area contributed by atoms with Crippen LogP contribution in [-0.4, -0.2) is 54.0 Å². The van der Waals surface area contributed by atoms with Gasteiger partial charge in [0.1, 0.15) is 0 Å². The summed E-state index contributed by atoms with van der Waals surface area (Å²) < 4.78 is 0. The Bertz CT molecular complexity index is 486. The molecule has 2 rings (SSSR count). The molecule has 0 bridgehead atoms. The maximum Gasteiger partial charge on any atom is 0.225 e. The number of carbonyl (C=O) groups is 1. The van der Waals surface area contributed by atoms with Crippen molar-refractivity contribution in [3.63, 3.8) is 0 Å². The van der Waals surface area contributed by atoms with Crippen LogP contribution in [0.5, 0.6) is 0 Å². The minimum Gasteiger partial charge on any atom is -0.338 e. The first-order valence-corrected chi connectivity index (χ1v) is 7.59. The highest BCUT2D eigenvalue weighted by Gasteiger charge is 2.19. The summed E-state index contributed by atoms with van der Waals surface area (Å²) in [6.07, 6.45) is 1.36. The van der Waals surface area contributed by atoms with Crippen molar-refractivity contribution >= 4 is 17.5 Å². The molecule has 6 nitrogen and oxygen atoms in total. The Hall–Kier alpha value is -1.69. The first kappa shape index (κ1) is 15.7. The van der Waals surface area contributed by atoms with Crippen LogP contribution in [0.4, 0.5) is 11.6 Å². The lowest BCUT2D eigenvalue weighted by molar-refractivity contribution is -0.116. The summed E-state index contributed by atoms with van der Waals surface area (Å²) in [6.45, 7) is 9.78. The van der Waals surface area contributed by atoms with Crippen LogP contribution in [0.25, 0.3) is 0 Å². The van der Waals surface area contributed by atoms with E-state index >= 15 is 0 Å². The Morgan fingerprint density at radius 3 is 2.24 bits per heavy atom. The lowest BCUT2D eigenvalue weighted by atomic mass is 10.2. The van der Waals surface area contributed by atoms with Gasteiger partial charge < -0.3 is 15.1 Å². The van der Waals surface area contributed by atoms with Gasteiger partial charge in [-0.2, -0.15) is 0 Å². The van der Waals surface area contributed by atoms with Crippen molar-refractivity contribution in [2.24, 2.45) is 0 Å².